The number of ether oxygens (including phenoxy) is 7. The van der Waals surface area contributed by atoms with Crippen LogP contribution in [0.5, 0.6) is 0 Å². The van der Waals surface area contributed by atoms with Gasteiger partial charge in [0.05, 0.1) is 44.7 Å². The van der Waals surface area contributed by atoms with E-state index < -0.39 is 152 Å². The van der Waals surface area contributed by atoms with Gasteiger partial charge in [-0.25, -0.2) is 0 Å². The molecule has 11 N–H and O–H groups in total. The number of aliphatic hydroxyl groups is 10. The highest BCUT2D eigenvalue weighted by atomic mass is 16.8. The number of rotatable bonds is 9. The highest BCUT2D eigenvalue weighted by molar-refractivity contribution is 5.82. The van der Waals surface area contributed by atoms with Gasteiger partial charge in [-0.2, -0.15) is 0 Å². The van der Waals surface area contributed by atoms with Crippen LogP contribution in [0.15, 0.2) is 11.6 Å². The van der Waals surface area contributed by atoms with E-state index in [1.165, 1.54) is 12.5 Å². The Morgan fingerprint density at radius 3 is 2.13 bits per heavy atom. The Kier molecular flexibility index (Phi) is 13.2. The minimum atomic E-state index is -1.75. The number of allylic oxidation sites excluding steroid dienone is 2. The summed E-state index contributed by atoms with van der Waals surface area (Å²) in [4.78, 5) is 26.3. The third-order valence-electron chi connectivity index (χ3n) is 19.5. The lowest BCUT2D eigenvalue weighted by atomic mass is 9.33. The molecule has 20 heteroatoms. The van der Waals surface area contributed by atoms with Gasteiger partial charge in [0.25, 0.3) is 0 Å². The Labute approximate surface area is 396 Å². The van der Waals surface area contributed by atoms with E-state index in [1.54, 1.807) is 0 Å². The molecule has 1 spiro atoms. The van der Waals surface area contributed by atoms with Crippen molar-refractivity contribution in [1.29, 1.82) is 0 Å². The van der Waals surface area contributed by atoms with Crippen LogP contribution in [0.4, 0.5) is 0 Å². The number of hydrogen-bond donors (Lipinski definition) is 11. The van der Waals surface area contributed by atoms with Gasteiger partial charge in [-0.05, 0) is 72.5 Å². The maximum absolute atomic E-state index is 13.8. The Hall–Kier alpha value is -1.96. The molecule has 68 heavy (non-hydrogen) atoms. The van der Waals surface area contributed by atoms with Crippen molar-refractivity contribution >= 4 is 11.9 Å². The molecule has 4 saturated carbocycles. The van der Waals surface area contributed by atoms with Crippen molar-refractivity contribution in [3.05, 3.63) is 11.6 Å². The van der Waals surface area contributed by atoms with Crippen LogP contribution in [0.2, 0.25) is 0 Å². The van der Waals surface area contributed by atoms with E-state index in [4.69, 9.17) is 33.2 Å². The first-order chi connectivity index (χ1) is 31.8. The highest BCUT2D eigenvalue weighted by Crippen LogP contribution is 2.76. The Balaban J connectivity index is 0.956. The van der Waals surface area contributed by atoms with Crippen LogP contribution in [0.1, 0.15) is 93.4 Å². The lowest BCUT2D eigenvalue weighted by molar-refractivity contribution is -0.354. The monoisotopic (exact) mass is 969 g/mol. The minimum absolute atomic E-state index is 0.0132. The van der Waals surface area contributed by atoms with E-state index in [-0.39, 0.29) is 47.1 Å². The van der Waals surface area contributed by atoms with E-state index in [0.29, 0.717) is 25.7 Å². The second kappa shape index (κ2) is 17.6. The van der Waals surface area contributed by atoms with Crippen LogP contribution in [0.3, 0.4) is 0 Å². The SMILES string of the molecule is CC(=O)N[C@H]1[C@H](OC2C(O)C[C@@]3(C)C(CC[C@]4(C)C3CC=C3C5CC(C)(C)[C@@H]6C[C@]5(C(=O)O6)C(O)C[C@]34C)[C@]2(C)CO)O[C@H](CO[C@@H]2OC[C@H](O)[C@H](O)[C@H]2O[C@@H]2OC[C@@H](O)[C@H](O)[C@H]2O)[C@@H](O)[C@@H]1O. The van der Waals surface area contributed by atoms with Crippen LogP contribution in [-0.2, 0) is 42.7 Å². The van der Waals surface area contributed by atoms with Gasteiger partial charge < -0.3 is 89.5 Å². The molecule has 1 amide bonds. The molecule has 386 valence electrons. The van der Waals surface area contributed by atoms with Gasteiger partial charge in [-0.3, -0.25) is 9.59 Å². The molecule has 0 aromatic heterocycles. The first-order valence-corrected chi connectivity index (χ1v) is 24.5. The van der Waals surface area contributed by atoms with Gasteiger partial charge in [0, 0.05) is 24.2 Å². The predicted octanol–water partition coefficient (Wildman–Crippen LogP) is -1.51. The third-order valence-corrected chi connectivity index (χ3v) is 19.5. The molecule has 25 atom stereocenters. The van der Waals surface area contributed by atoms with Crippen molar-refractivity contribution in [1.82, 2.24) is 5.32 Å². The second-order valence-corrected chi connectivity index (χ2v) is 23.6. The maximum Gasteiger partial charge on any atom is 0.315 e. The van der Waals surface area contributed by atoms with Crippen molar-refractivity contribution in [2.45, 2.75) is 198 Å². The fraction of sp³-hybridized carbons (Fsp3) is 0.917. The summed E-state index contributed by atoms with van der Waals surface area (Å²) >= 11 is 0. The average Bonchev–Trinajstić information content (AvgIpc) is 3.60. The van der Waals surface area contributed by atoms with Crippen molar-refractivity contribution < 1.29 is 93.8 Å². The summed E-state index contributed by atoms with van der Waals surface area (Å²) in [7, 11) is 0. The summed E-state index contributed by atoms with van der Waals surface area (Å²) in [5.41, 5.74) is -2.56. The van der Waals surface area contributed by atoms with Gasteiger partial charge >= 0.3 is 5.97 Å². The molecule has 5 aliphatic carbocycles. The van der Waals surface area contributed by atoms with Crippen LogP contribution in [0.25, 0.3) is 0 Å². The quantitative estimate of drug-likeness (QED) is 0.0711. The summed E-state index contributed by atoms with van der Waals surface area (Å²) < 4.78 is 41.7. The van der Waals surface area contributed by atoms with Gasteiger partial charge in [0.15, 0.2) is 18.9 Å². The molecule has 4 saturated heterocycles. The fourth-order valence-corrected chi connectivity index (χ4v) is 15.5. The van der Waals surface area contributed by atoms with E-state index in [9.17, 15) is 60.7 Å². The van der Waals surface area contributed by atoms with E-state index in [2.05, 4.69) is 46.0 Å². The summed E-state index contributed by atoms with van der Waals surface area (Å²) in [6, 6.07) is -1.36. The standard InChI is InChI=1S/C48H75NO19/c1-20(51)49-31-35(59)34(58)26(18-64-41-37(33(57)25(54)17-63-41)67-40-36(60)32(56)24(53)16-62-40)65-39(31)68-38-23(52)13-44(4)27(45(38,5)19-50)10-11-46(6)28(44)9-8-21-22-12-43(2,3)30-15-48(22,42(61)66-30)29(55)14-47(21,46)7/h8,22-41,50,52-60H,9-19H2,1-7H3,(H,49,51)/t22?,23?,24-,25+,26-,27?,28?,29?,30+,31-,32+,33+,34-,35-,36-,37-,38?,39+,40+,41+,44+,45+,46-,47-,48-/m1/s1. The zero-order valence-electron chi connectivity index (χ0n) is 40.0. The van der Waals surface area contributed by atoms with Gasteiger partial charge in [-0.1, -0.05) is 53.2 Å². The molecule has 6 unspecified atom stereocenters. The molecular formula is C48H75NO19. The Morgan fingerprint density at radius 1 is 0.779 bits per heavy atom. The average molecular weight is 970 g/mol. The van der Waals surface area contributed by atoms with Crippen LogP contribution >= 0.6 is 0 Å². The molecule has 0 aromatic carbocycles. The van der Waals surface area contributed by atoms with Crippen molar-refractivity contribution in [2.24, 2.45) is 50.2 Å². The summed E-state index contributed by atoms with van der Waals surface area (Å²) in [5.74, 6) is -1.28. The topological polar surface area (TPSA) is 313 Å². The Morgan fingerprint density at radius 2 is 1.46 bits per heavy atom. The van der Waals surface area contributed by atoms with Gasteiger partial charge in [0.2, 0.25) is 5.91 Å². The predicted molar refractivity (Wildman–Crippen MR) is 232 cm³/mol. The highest BCUT2D eigenvalue weighted by Gasteiger charge is 2.75. The molecular weight excluding hydrogens is 895 g/mol. The number of carbonyl (C=O) groups excluding carboxylic acids is 2. The number of nitrogens with one attached hydrogen (secondary N) is 1. The van der Waals surface area contributed by atoms with E-state index in [0.717, 1.165) is 12.8 Å². The number of hydrogen-bond acceptors (Lipinski definition) is 19. The zero-order valence-corrected chi connectivity index (χ0v) is 40.0. The van der Waals surface area contributed by atoms with Crippen molar-refractivity contribution in [3.8, 4) is 0 Å². The lowest BCUT2D eigenvalue weighted by Gasteiger charge is -2.72. The van der Waals surface area contributed by atoms with Gasteiger partial charge in [0.1, 0.15) is 72.5 Å². The molecule has 8 fully saturated rings. The van der Waals surface area contributed by atoms with E-state index >= 15 is 0 Å². The molecule has 0 radical (unpaired) electrons. The van der Waals surface area contributed by atoms with Crippen molar-refractivity contribution in [2.75, 3.05) is 26.4 Å². The van der Waals surface area contributed by atoms with E-state index in [1.807, 2.05) is 6.92 Å². The Bertz CT molecular complexity index is 1960. The largest absolute Gasteiger partial charge is 0.461 e. The first-order valence-electron chi connectivity index (χ1n) is 24.5. The lowest BCUT2D eigenvalue weighted by Crippen LogP contribution is -2.71. The third kappa shape index (κ3) is 7.51. The molecule has 9 aliphatic rings. The minimum Gasteiger partial charge on any atom is -0.461 e. The molecule has 4 aliphatic heterocycles. The molecule has 4 heterocycles. The maximum atomic E-state index is 13.8. The van der Waals surface area contributed by atoms with Crippen molar-refractivity contribution in [3.63, 3.8) is 0 Å². The molecule has 9 rings (SSSR count). The number of aliphatic hydroxyl groups excluding tert-OH is 10. The normalized spacial score (nSPS) is 55.1. The summed E-state index contributed by atoms with van der Waals surface area (Å²) in [6.45, 7) is 12.3. The fourth-order valence-electron chi connectivity index (χ4n) is 15.5. The number of carbonyl (C=O) groups is 2. The molecule has 0 aromatic rings. The molecule has 2 bridgehead atoms. The number of esters is 1. The first kappa shape index (κ1) is 51.0. The zero-order chi connectivity index (χ0) is 49.4. The molecule has 20 nitrogen and oxygen atoms in total. The summed E-state index contributed by atoms with van der Waals surface area (Å²) in [6.07, 6.45) is -16.1. The van der Waals surface area contributed by atoms with Crippen LogP contribution in [-0.4, -0.2) is 194 Å². The second-order valence-electron chi connectivity index (χ2n) is 23.6. The smallest absolute Gasteiger partial charge is 0.315 e. The number of amides is 1. The summed E-state index contributed by atoms with van der Waals surface area (Å²) in [5, 5.41) is 114. The van der Waals surface area contributed by atoms with Crippen LogP contribution in [0, 0.1) is 50.2 Å². The number of fused-ring (bicyclic) bond motifs is 7. The van der Waals surface area contributed by atoms with Gasteiger partial charge in [-0.15, -0.1) is 0 Å². The van der Waals surface area contributed by atoms with Crippen LogP contribution < -0.4 is 5.32 Å².